The van der Waals surface area contributed by atoms with E-state index >= 15 is 0 Å². The van der Waals surface area contributed by atoms with Gasteiger partial charge in [-0.25, -0.2) is 0 Å². The van der Waals surface area contributed by atoms with Gasteiger partial charge < -0.3 is 19.8 Å². The summed E-state index contributed by atoms with van der Waals surface area (Å²) in [6, 6.07) is 5.22. The van der Waals surface area contributed by atoms with E-state index in [2.05, 4.69) is 20.3 Å². The largest absolute Gasteiger partial charge is 0.423 e. The number of aliphatic hydroxyl groups excluding tert-OH is 1. The molecule has 182 valence electrons. The topological polar surface area (TPSA) is 81.8 Å². The minimum absolute atomic E-state index is 0.304. The van der Waals surface area contributed by atoms with Crippen molar-refractivity contribution in [3.05, 3.63) is 23.2 Å². The Kier molecular flexibility index (Phi) is 7.35. The summed E-state index contributed by atoms with van der Waals surface area (Å²) in [5.74, 6) is -0.0166. The number of fused-ring (bicyclic) bond motifs is 1. The highest BCUT2D eigenvalue weighted by Crippen LogP contribution is 2.30. The molecule has 1 saturated carbocycles. The van der Waals surface area contributed by atoms with E-state index in [9.17, 15) is 18.0 Å². The molecular weight excluding hydrogens is 461 g/mol. The molecule has 7 nitrogen and oxygen atoms in total. The highest BCUT2D eigenvalue weighted by molar-refractivity contribution is 6.31. The molecule has 1 aromatic carbocycles. The number of nitrogens with one attached hydrogen (secondary N) is 1. The minimum atomic E-state index is -4.93. The molecule has 1 amide bonds. The number of carbonyl (C=O) groups excluding carboxylic acids is 1. The third-order valence-electron chi connectivity index (χ3n) is 6.69. The Morgan fingerprint density at radius 2 is 1.91 bits per heavy atom. The van der Waals surface area contributed by atoms with Crippen LogP contribution in [0, 0.1) is 5.92 Å². The maximum Gasteiger partial charge on any atom is 0.423 e. The van der Waals surface area contributed by atoms with Crippen molar-refractivity contribution in [2.24, 2.45) is 5.92 Å². The molecule has 0 bridgehead atoms. The molecule has 1 atom stereocenters. The van der Waals surface area contributed by atoms with Gasteiger partial charge in [0, 0.05) is 43.3 Å². The van der Waals surface area contributed by atoms with Crippen molar-refractivity contribution in [1.82, 2.24) is 15.4 Å². The molecular formula is C22H28ClF3N4O3. The highest BCUT2D eigenvalue weighted by Gasteiger charge is 2.44. The van der Waals surface area contributed by atoms with Crippen LogP contribution in [0.15, 0.2) is 22.7 Å². The second-order valence-electron chi connectivity index (χ2n) is 8.93. The molecule has 2 fully saturated rings. The lowest BCUT2D eigenvalue weighted by Gasteiger charge is -2.36. The van der Waals surface area contributed by atoms with Gasteiger partial charge in [-0.1, -0.05) is 16.8 Å². The zero-order valence-corrected chi connectivity index (χ0v) is 18.9. The molecule has 2 aromatic rings. The number of hydrogen-bond donors (Lipinski definition) is 2. The number of aliphatic hydroxyl groups is 1. The van der Waals surface area contributed by atoms with Gasteiger partial charge in [-0.15, -0.1) is 0 Å². The molecule has 1 aromatic heterocycles. The summed E-state index contributed by atoms with van der Waals surface area (Å²) >= 11 is 6.01. The van der Waals surface area contributed by atoms with E-state index in [1.54, 1.807) is 6.07 Å². The first kappa shape index (κ1) is 24.1. The monoisotopic (exact) mass is 488 g/mol. The molecule has 2 N–H and O–H groups in total. The molecule has 33 heavy (non-hydrogen) atoms. The van der Waals surface area contributed by atoms with Gasteiger partial charge in [0.15, 0.2) is 11.4 Å². The standard InChI is InChI=1S/C22H28ClF3N4O3/c23-15-3-6-17-18(13-15)33-28-20(17)30-11-9-29(10-12-30)8-7-14-1-4-16(5-2-14)27-21(32)19(31)22(24,25)26/h3,6,13-14,16,19,31H,1-2,4-5,7-12H2,(H,27,32)/t14-,16-,19?. The van der Waals surface area contributed by atoms with Crippen molar-refractivity contribution in [2.75, 3.05) is 37.6 Å². The average Bonchev–Trinajstić information content (AvgIpc) is 3.20. The van der Waals surface area contributed by atoms with Crippen molar-refractivity contribution < 1.29 is 27.6 Å². The van der Waals surface area contributed by atoms with Crippen LogP contribution < -0.4 is 10.2 Å². The fourth-order valence-electron chi connectivity index (χ4n) is 4.70. The first-order valence-corrected chi connectivity index (χ1v) is 11.7. The van der Waals surface area contributed by atoms with Crippen LogP contribution in [0.5, 0.6) is 0 Å². The zero-order valence-electron chi connectivity index (χ0n) is 18.2. The van der Waals surface area contributed by atoms with E-state index < -0.39 is 18.2 Å². The molecule has 1 aliphatic heterocycles. The lowest BCUT2D eigenvalue weighted by molar-refractivity contribution is -0.205. The Labute approximate surface area is 194 Å². The number of rotatable bonds is 6. The van der Waals surface area contributed by atoms with E-state index in [-0.39, 0.29) is 6.04 Å². The van der Waals surface area contributed by atoms with Crippen LogP contribution in [0.1, 0.15) is 32.1 Å². The summed E-state index contributed by atoms with van der Waals surface area (Å²) in [5.41, 5.74) is 0.680. The van der Waals surface area contributed by atoms with E-state index in [1.165, 1.54) is 0 Å². The number of hydrogen-bond acceptors (Lipinski definition) is 6. The summed E-state index contributed by atoms with van der Waals surface area (Å²) in [4.78, 5) is 16.2. The molecule has 1 saturated heterocycles. The second-order valence-corrected chi connectivity index (χ2v) is 9.37. The Morgan fingerprint density at radius 3 is 2.58 bits per heavy atom. The van der Waals surface area contributed by atoms with Gasteiger partial charge in [-0.05, 0) is 56.7 Å². The van der Waals surface area contributed by atoms with Crippen molar-refractivity contribution in [3.8, 4) is 0 Å². The van der Waals surface area contributed by atoms with Crippen LogP contribution in [0.3, 0.4) is 0 Å². The van der Waals surface area contributed by atoms with Gasteiger partial charge in [-0.3, -0.25) is 9.69 Å². The predicted octanol–water partition coefficient (Wildman–Crippen LogP) is 3.59. The number of amides is 1. The average molecular weight is 489 g/mol. The number of alkyl halides is 3. The Balaban J connectivity index is 1.17. The number of benzene rings is 1. The first-order chi connectivity index (χ1) is 15.7. The maximum absolute atomic E-state index is 12.4. The Morgan fingerprint density at radius 1 is 1.21 bits per heavy atom. The first-order valence-electron chi connectivity index (χ1n) is 11.3. The number of anilines is 1. The van der Waals surface area contributed by atoms with E-state index in [1.807, 2.05) is 12.1 Å². The van der Waals surface area contributed by atoms with Gasteiger partial charge in [0.25, 0.3) is 5.91 Å². The summed E-state index contributed by atoms with van der Waals surface area (Å²) < 4.78 is 42.8. The number of carbonyl (C=O) groups is 1. The van der Waals surface area contributed by atoms with Crippen molar-refractivity contribution >= 4 is 34.3 Å². The van der Waals surface area contributed by atoms with E-state index in [4.69, 9.17) is 21.2 Å². The summed E-state index contributed by atoms with van der Waals surface area (Å²) in [5, 5.41) is 17.2. The van der Waals surface area contributed by atoms with Crippen molar-refractivity contribution in [3.63, 3.8) is 0 Å². The van der Waals surface area contributed by atoms with Gasteiger partial charge in [-0.2, -0.15) is 13.2 Å². The van der Waals surface area contributed by atoms with Crippen molar-refractivity contribution in [2.45, 2.75) is 50.4 Å². The van der Waals surface area contributed by atoms with E-state index in [0.717, 1.165) is 63.2 Å². The quantitative estimate of drug-likeness (QED) is 0.646. The normalized spacial score (nSPS) is 23.6. The fourth-order valence-corrected chi connectivity index (χ4v) is 4.86. The van der Waals surface area contributed by atoms with Crippen LogP contribution in [0.2, 0.25) is 5.02 Å². The fraction of sp³-hybridized carbons (Fsp3) is 0.636. The lowest BCUT2D eigenvalue weighted by atomic mass is 9.84. The molecule has 4 rings (SSSR count). The van der Waals surface area contributed by atoms with Crippen LogP contribution in [0.25, 0.3) is 11.0 Å². The van der Waals surface area contributed by atoms with Crippen LogP contribution in [-0.4, -0.2) is 72.1 Å². The molecule has 0 spiro atoms. The van der Waals surface area contributed by atoms with E-state index in [0.29, 0.717) is 29.4 Å². The third-order valence-corrected chi connectivity index (χ3v) is 6.93. The highest BCUT2D eigenvalue weighted by atomic mass is 35.5. The van der Waals surface area contributed by atoms with Gasteiger partial charge in [0.1, 0.15) is 0 Å². The number of halogens is 4. The Hall–Kier alpha value is -2.04. The van der Waals surface area contributed by atoms with Crippen LogP contribution in [0.4, 0.5) is 19.0 Å². The smallest absolute Gasteiger partial charge is 0.376 e. The second kappa shape index (κ2) is 10.1. The number of aromatic nitrogens is 1. The number of piperazine rings is 1. The van der Waals surface area contributed by atoms with Gasteiger partial charge in [0.05, 0.1) is 5.39 Å². The summed E-state index contributed by atoms with van der Waals surface area (Å²) in [7, 11) is 0. The van der Waals surface area contributed by atoms with Gasteiger partial charge >= 0.3 is 6.18 Å². The summed E-state index contributed by atoms with van der Waals surface area (Å²) in [6.45, 7) is 4.51. The predicted molar refractivity (Wildman–Crippen MR) is 118 cm³/mol. The molecule has 2 aliphatic rings. The van der Waals surface area contributed by atoms with Crippen LogP contribution in [-0.2, 0) is 4.79 Å². The number of nitrogens with zero attached hydrogens (tertiary/aromatic N) is 3. The molecule has 2 heterocycles. The molecule has 0 radical (unpaired) electrons. The minimum Gasteiger partial charge on any atom is -0.376 e. The summed E-state index contributed by atoms with van der Waals surface area (Å²) in [6.07, 6.45) is -3.87. The molecule has 1 unspecified atom stereocenters. The Bertz CT molecular complexity index is 954. The maximum atomic E-state index is 12.4. The van der Waals surface area contributed by atoms with Crippen LogP contribution >= 0.6 is 11.6 Å². The SMILES string of the molecule is O=C(N[C@H]1CC[C@H](CCN2CCN(c3noc4cc(Cl)ccc34)CC2)CC1)C(O)C(F)(F)F. The molecule has 11 heteroatoms. The third kappa shape index (κ3) is 5.91. The van der Waals surface area contributed by atoms with Crippen molar-refractivity contribution in [1.29, 1.82) is 0 Å². The lowest BCUT2D eigenvalue weighted by Crippen LogP contribution is -2.49. The molecule has 1 aliphatic carbocycles. The van der Waals surface area contributed by atoms with Gasteiger partial charge in [0.2, 0.25) is 6.10 Å². The zero-order chi connectivity index (χ0) is 23.6.